The first-order valence-corrected chi connectivity index (χ1v) is 3.83. The summed E-state index contributed by atoms with van der Waals surface area (Å²) >= 11 is 0. The predicted octanol–water partition coefficient (Wildman–Crippen LogP) is -0.979. The third-order valence-corrected chi connectivity index (χ3v) is 2.01. The number of carboxylic acid groups (broad SMARTS) is 1. The maximum absolute atomic E-state index is 11.2. The van der Waals surface area contributed by atoms with Crippen LogP contribution < -0.4 is 5.73 Å². The maximum Gasteiger partial charge on any atom is 0.326 e. The summed E-state index contributed by atoms with van der Waals surface area (Å²) in [6.45, 7) is 0.362. The van der Waals surface area contributed by atoms with Gasteiger partial charge in [0, 0.05) is 6.54 Å². The summed E-state index contributed by atoms with van der Waals surface area (Å²) in [7, 11) is 0. The average molecular weight is 173 g/mol. The van der Waals surface area contributed by atoms with Crippen LogP contribution in [-0.4, -0.2) is 41.0 Å². The molecule has 0 aromatic rings. The predicted molar refractivity (Wildman–Crippen MR) is 41.4 cm³/mol. The van der Waals surface area contributed by atoms with E-state index in [1.807, 2.05) is 5.73 Å². The Morgan fingerprint density at radius 1 is 1.75 bits per heavy atom. The minimum atomic E-state index is -0.962. The van der Waals surface area contributed by atoms with E-state index in [1.54, 1.807) is 0 Å². The number of rotatable bonds is 3. The van der Waals surface area contributed by atoms with Crippen molar-refractivity contribution in [3.63, 3.8) is 0 Å². The van der Waals surface area contributed by atoms with Crippen LogP contribution in [0.2, 0.25) is 1.41 Å². The Labute approximate surface area is 71.6 Å². The summed E-state index contributed by atoms with van der Waals surface area (Å²) in [5, 5.41) is 8.74. The molecule has 1 rings (SSSR count). The standard InChI is InChI=1S/C7H12N2O3/c8-4-6(10)9-3-1-2-5(9)7(11)12/h5H,1-4,8H2,(H,11,12)/t5-/m0/s1/i/hD. The fourth-order valence-electron chi connectivity index (χ4n) is 1.42. The summed E-state index contributed by atoms with van der Waals surface area (Å²) in [6, 6.07) is -0.694. The topological polar surface area (TPSA) is 83.6 Å². The lowest BCUT2D eigenvalue weighted by Crippen LogP contribution is -2.43. The van der Waals surface area contributed by atoms with Crippen molar-refractivity contribution >= 4 is 11.9 Å². The first kappa shape index (κ1) is 7.54. The number of carboxylic acids is 1. The first-order valence-electron chi connectivity index (χ1n) is 4.33. The Bertz CT molecular complexity index is 222. The number of nitrogens with two attached hydrogens (primary N) is 1. The van der Waals surface area contributed by atoms with Crippen molar-refractivity contribution in [2.45, 2.75) is 18.9 Å². The molecular formula is C7H12N2O3. The normalized spacial score (nSPS) is 23.8. The second-order valence-corrected chi connectivity index (χ2v) is 2.76. The van der Waals surface area contributed by atoms with E-state index in [1.165, 1.54) is 4.90 Å². The van der Waals surface area contributed by atoms with Crippen LogP contribution in [0.4, 0.5) is 0 Å². The monoisotopic (exact) mass is 173 g/mol. The van der Waals surface area contributed by atoms with Crippen LogP contribution in [0.5, 0.6) is 0 Å². The summed E-state index contributed by atoms with van der Waals surface area (Å²) in [6.07, 6.45) is 1.24. The van der Waals surface area contributed by atoms with Gasteiger partial charge in [-0.2, -0.15) is 0 Å². The molecule has 3 N–H and O–H groups in total. The number of carbonyl (C=O) groups is 2. The van der Waals surface area contributed by atoms with Gasteiger partial charge in [0.25, 0.3) is 0 Å². The molecule has 0 spiro atoms. The van der Waals surface area contributed by atoms with Crippen LogP contribution >= 0.6 is 0 Å². The van der Waals surface area contributed by atoms with Crippen LogP contribution in [0, 0.1) is 0 Å². The Balaban J connectivity index is 2.57. The highest BCUT2D eigenvalue weighted by Crippen LogP contribution is 2.16. The number of carbonyl (C=O) groups excluding carboxylic acids is 1. The molecule has 0 aliphatic carbocycles. The van der Waals surface area contributed by atoms with Crippen LogP contribution in [0.15, 0.2) is 0 Å². The molecule has 0 aromatic carbocycles. The molecule has 0 bridgehead atoms. The minimum absolute atomic E-state index is 0.121. The fraction of sp³-hybridized carbons (Fsp3) is 0.714. The molecule has 1 aliphatic heterocycles. The molecule has 5 nitrogen and oxygen atoms in total. The van der Waals surface area contributed by atoms with Crippen LogP contribution in [0.3, 0.4) is 0 Å². The maximum atomic E-state index is 11.2. The molecule has 12 heavy (non-hydrogen) atoms. The average Bonchev–Trinajstić information content (AvgIpc) is 2.52. The Kier molecular flexibility index (Phi) is 2.22. The zero-order valence-electron chi connectivity index (χ0n) is 7.62. The highest BCUT2D eigenvalue weighted by atomic mass is 16.4. The van der Waals surface area contributed by atoms with Crippen molar-refractivity contribution in [3.8, 4) is 0 Å². The van der Waals surface area contributed by atoms with Gasteiger partial charge in [0.05, 0.1) is 6.54 Å². The van der Waals surface area contributed by atoms with E-state index in [0.717, 1.165) is 6.42 Å². The van der Waals surface area contributed by atoms with Crippen LogP contribution in [0.25, 0.3) is 0 Å². The van der Waals surface area contributed by atoms with Gasteiger partial charge in [-0.1, -0.05) is 0 Å². The van der Waals surface area contributed by atoms with E-state index in [0.29, 0.717) is 13.0 Å². The Hall–Kier alpha value is -1.10. The van der Waals surface area contributed by atoms with Gasteiger partial charge >= 0.3 is 5.97 Å². The van der Waals surface area contributed by atoms with Gasteiger partial charge in [-0.3, -0.25) is 4.79 Å². The van der Waals surface area contributed by atoms with Crippen molar-refractivity contribution in [2.24, 2.45) is 5.73 Å². The van der Waals surface area contributed by atoms with Crippen molar-refractivity contribution in [1.29, 1.82) is 0 Å². The Morgan fingerprint density at radius 3 is 3.08 bits per heavy atom. The lowest BCUT2D eigenvalue weighted by Gasteiger charge is -2.20. The molecule has 68 valence electrons. The van der Waals surface area contributed by atoms with Gasteiger partial charge in [-0.05, 0) is 12.8 Å². The molecule has 1 fully saturated rings. The minimum Gasteiger partial charge on any atom is -0.480 e. The van der Waals surface area contributed by atoms with Gasteiger partial charge in [-0.25, -0.2) is 4.79 Å². The first-order chi connectivity index (χ1) is 6.16. The van der Waals surface area contributed by atoms with Crippen molar-refractivity contribution in [2.75, 3.05) is 13.1 Å². The van der Waals surface area contributed by atoms with E-state index in [2.05, 4.69) is 0 Å². The van der Waals surface area contributed by atoms with E-state index in [-0.39, 0.29) is 12.5 Å². The largest absolute Gasteiger partial charge is 0.480 e. The van der Waals surface area contributed by atoms with Gasteiger partial charge in [0.2, 0.25) is 5.91 Å². The van der Waals surface area contributed by atoms with Crippen LogP contribution in [0.1, 0.15) is 12.8 Å². The third-order valence-electron chi connectivity index (χ3n) is 2.01. The molecule has 0 radical (unpaired) electrons. The van der Waals surface area contributed by atoms with Gasteiger partial charge in [-0.15, -0.1) is 0 Å². The molecule has 0 unspecified atom stereocenters. The summed E-state index contributed by atoms with van der Waals surface area (Å²) in [4.78, 5) is 23.2. The molecule has 0 saturated carbocycles. The fourth-order valence-corrected chi connectivity index (χ4v) is 1.42. The molecule has 0 aromatic heterocycles. The second kappa shape index (κ2) is 3.53. The number of nitrogens with zero attached hydrogens (tertiary/aromatic N) is 1. The zero-order valence-corrected chi connectivity index (χ0v) is 6.62. The third kappa shape index (κ3) is 1.55. The van der Waals surface area contributed by atoms with Gasteiger partial charge < -0.3 is 15.7 Å². The number of hydrogen-bond acceptors (Lipinski definition) is 3. The molecule has 1 heterocycles. The van der Waals surface area contributed by atoms with Crippen molar-refractivity contribution in [1.82, 2.24) is 4.90 Å². The second-order valence-electron chi connectivity index (χ2n) is 2.76. The number of aliphatic carboxylic acids is 1. The summed E-state index contributed by atoms with van der Waals surface area (Å²) in [5.41, 5.74) is 1.97. The van der Waals surface area contributed by atoms with Crippen molar-refractivity contribution in [3.05, 3.63) is 0 Å². The van der Waals surface area contributed by atoms with E-state index >= 15 is 0 Å². The summed E-state index contributed by atoms with van der Waals surface area (Å²) in [5.74, 6) is -1.28. The van der Waals surface area contributed by atoms with E-state index in [9.17, 15) is 9.59 Å². The van der Waals surface area contributed by atoms with Gasteiger partial charge in [0.1, 0.15) is 7.45 Å². The summed E-state index contributed by atoms with van der Waals surface area (Å²) < 4.78 is 6.63. The zero-order chi connectivity index (χ0) is 9.84. The number of amides is 1. The molecule has 5 heteroatoms. The highest BCUT2D eigenvalue weighted by Gasteiger charge is 2.32. The molecule has 1 atom stereocenters. The molecule has 1 saturated heterocycles. The highest BCUT2D eigenvalue weighted by molar-refractivity contribution is 5.85. The molecule has 1 aliphatic rings. The smallest absolute Gasteiger partial charge is 0.326 e. The number of likely N-dealkylation sites (tertiary alicyclic amines) is 1. The Morgan fingerprint density at radius 2 is 2.50 bits per heavy atom. The SMILES string of the molecule is [2H]NCC(=O)N1CCC[C@H]1C(=O)O. The van der Waals surface area contributed by atoms with Gasteiger partial charge in [0.15, 0.2) is 0 Å². The van der Waals surface area contributed by atoms with E-state index < -0.39 is 12.0 Å². The van der Waals surface area contributed by atoms with Crippen molar-refractivity contribution < 1.29 is 16.1 Å². The quantitative estimate of drug-likeness (QED) is 0.574. The molecule has 1 amide bonds. The number of hydrogen-bond donors (Lipinski definition) is 2. The van der Waals surface area contributed by atoms with E-state index in [4.69, 9.17) is 6.52 Å². The lowest BCUT2D eigenvalue weighted by molar-refractivity contribution is -0.147. The lowest BCUT2D eigenvalue weighted by atomic mass is 10.2. The van der Waals surface area contributed by atoms with Crippen LogP contribution in [-0.2, 0) is 9.59 Å². The molecular weight excluding hydrogens is 160 g/mol.